The van der Waals surface area contributed by atoms with Crippen molar-refractivity contribution in [3.8, 4) is 0 Å². The van der Waals surface area contributed by atoms with Crippen LogP contribution in [0.5, 0.6) is 0 Å². The summed E-state index contributed by atoms with van der Waals surface area (Å²) in [7, 11) is 0. The first kappa shape index (κ1) is 15.8. The molecule has 2 aliphatic heterocycles. The Morgan fingerprint density at radius 2 is 1.95 bits per heavy atom. The second-order valence-corrected chi connectivity index (χ2v) is 8.08. The number of hydrogen-bond donors (Lipinski definition) is 1. The molecule has 3 heteroatoms. The molecule has 3 fully saturated rings. The average molecular weight is 294 g/mol. The third kappa shape index (κ3) is 3.30. The molecule has 0 aromatic heterocycles. The minimum atomic E-state index is 0.285. The Kier molecular flexibility index (Phi) is 4.63. The van der Waals surface area contributed by atoms with Gasteiger partial charge < -0.3 is 10.1 Å². The Hall–Kier alpha value is -0.120. The molecule has 1 aliphatic carbocycles. The molecule has 0 aromatic rings. The minimum Gasteiger partial charge on any atom is -0.374 e. The lowest BCUT2D eigenvalue weighted by Gasteiger charge is -2.56. The van der Waals surface area contributed by atoms with Gasteiger partial charge in [0.25, 0.3) is 0 Å². The van der Waals surface area contributed by atoms with Crippen LogP contribution in [0.15, 0.2) is 0 Å². The highest BCUT2D eigenvalue weighted by Gasteiger charge is 2.46. The lowest BCUT2D eigenvalue weighted by molar-refractivity contribution is -0.0529. The van der Waals surface area contributed by atoms with Crippen molar-refractivity contribution in [2.45, 2.75) is 95.4 Å². The summed E-state index contributed by atoms with van der Waals surface area (Å²) in [5.41, 5.74) is 0.703. The van der Waals surface area contributed by atoms with Crippen LogP contribution < -0.4 is 5.32 Å². The summed E-state index contributed by atoms with van der Waals surface area (Å²) in [5.74, 6) is 0. The summed E-state index contributed by atoms with van der Waals surface area (Å²) in [5, 5.41) is 3.89. The van der Waals surface area contributed by atoms with Crippen LogP contribution in [0.3, 0.4) is 0 Å². The fraction of sp³-hybridized carbons (Fsp3) is 1.00. The number of nitrogens with one attached hydrogen (secondary N) is 1. The topological polar surface area (TPSA) is 24.5 Å². The molecule has 3 rings (SSSR count). The van der Waals surface area contributed by atoms with Gasteiger partial charge in [0, 0.05) is 30.7 Å². The van der Waals surface area contributed by atoms with E-state index in [0.717, 1.165) is 6.54 Å². The van der Waals surface area contributed by atoms with Crippen LogP contribution in [0.1, 0.15) is 72.1 Å². The van der Waals surface area contributed by atoms with E-state index in [1.807, 2.05) is 0 Å². The molecule has 3 atom stereocenters. The zero-order valence-corrected chi connectivity index (χ0v) is 14.3. The average Bonchev–Trinajstić information content (AvgIpc) is 2.90. The second-order valence-electron chi connectivity index (χ2n) is 8.08. The number of piperazine rings is 1. The Morgan fingerprint density at radius 3 is 2.57 bits per heavy atom. The Morgan fingerprint density at radius 1 is 1.19 bits per heavy atom. The van der Waals surface area contributed by atoms with Gasteiger partial charge in [-0.3, -0.25) is 4.90 Å². The van der Waals surface area contributed by atoms with E-state index in [4.69, 9.17) is 4.74 Å². The molecule has 3 unspecified atom stereocenters. The van der Waals surface area contributed by atoms with Gasteiger partial charge in [-0.1, -0.05) is 26.2 Å². The number of ether oxygens (including phenoxy) is 1. The zero-order chi connectivity index (χ0) is 14.9. The van der Waals surface area contributed by atoms with Crippen LogP contribution in [0.2, 0.25) is 0 Å². The van der Waals surface area contributed by atoms with Gasteiger partial charge in [-0.25, -0.2) is 0 Å². The number of hydrogen-bond acceptors (Lipinski definition) is 3. The summed E-state index contributed by atoms with van der Waals surface area (Å²) < 4.78 is 6.14. The van der Waals surface area contributed by atoms with Gasteiger partial charge in [-0.15, -0.1) is 0 Å². The predicted octanol–water partition coefficient (Wildman–Crippen LogP) is 3.33. The van der Waals surface area contributed by atoms with Crippen molar-refractivity contribution in [3.05, 3.63) is 0 Å². The maximum Gasteiger partial charge on any atom is 0.0706 e. The molecule has 0 aromatic carbocycles. The molecule has 0 bridgehead atoms. The van der Waals surface area contributed by atoms with Gasteiger partial charge >= 0.3 is 0 Å². The molecule has 2 saturated heterocycles. The van der Waals surface area contributed by atoms with Crippen molar-refractivity contribution in [1.82, 2.24) is 10.2 Å². The zero-order valence-electron chi connectivity index (χ0n) is 14.3. The van der Waals surface area contributed by atoms with E-state index in [9.17, 15) is 0 Å². The van der Waals surface area contributed by atoms with Crippen molar-refractivity contribution in [2.75, 3.05) is 19.6 Å². The molecule has 1 N–H and O–H groups in total. The van der Waals surface area contributed by atoms with E-state index in [1.54, 1.807) is 0 Å². The second kappa shape index (κ2) is 6.17. The molecule has 2 heterocycles. The van der Waals surface area contributed by atoms with Gasteiger partial charge in [0.05, 0.1) is 12.2 Å². The maximum absolute atomic E-state index is 6.14. The molecule has 0 radical (unpaired) electrons. The van der Waals surface area contributed by atoms with Gasteiger partial charge in [-0.2, -0.15) is 0 Å². The third-order valence-corrected chi connectivity index (χ3v) is 6.36. The van der Waals surface area contributed by atoms with E-state index >= 15 is 0 Å². The fourth-order valence-corrected chi connectivity index (χ4v) is 4.60. The molecule has 3 nitrogen and oxygen atoms in total. The normalized spacial score (nSPS) is 40.7. The lowest BCUT2D eigenvalue weighted by Crippen LogP contribution is -2.70. The molecule has 1 spiro atoms. The van der Waals surface area contributed by atoms with Gasteiger partial charge in [0.1, 0.15) is 0 Å². The first-order valence-electron chi connectivity index (χ1n) is 9.21. The minimum absolute atomic E-state index is 0.285. The molecule has 21 heavy (non-hydrogen) atoms. The van der Waals surface area contributed by atoms with E-state index in [-0.39, 0.29) is 5.54 Å². The highest BCUT2D eigenvalue weighted by molar-refractivity contribution is 5.05. The smallest absolute Gasteiger partial charge is 0.0706 e. The first-order chi connectivity index (χ1) is 10.1. The molecule has 122 valence electrons. The largest absolute Gasteiger partial charge is 0.374 e. The fourth-order valence-electron chi connectivity index (χ4n) is 4.60. The Bertz CT molecular complexity index is 353. The van der Waals surface area contributed by atoms with E-state index < -0.39 is 0 Å². The summed E-state index contributed by atoms with van der Waals surface area (Å²) in [6.07, 6.45) is 11.6. The number of rotatable bonds is 3. The third-order valence-electron chi connectivity index (χ3n) is 6.36. The molecule has 3 aliphatic rings. The van der Waals surface area contributed by atoms with E-state index in [2.05, 4.69) is 31.0 Å². The Labute approximate surface area is 130 Å². The van der Waals surface area contributed by atoms with E-state index in [1.165, 1.54) is 64.5 Å². The summed E-state index contributed by atoms with van der Waals surface area (Å²) in [4.78, 5) is 2.83. The summed E-state index contributed by atoms with van der Waals surface area (Å²) in [6.45, 7) is 10.5. The van der Waals surface area contributed by atoms with Crippen molar-refractivity contribution < 1.29 is 4.74 Å². The van der Waals surface area contributed by atoms with E-state index in [0.29, 0.717) is 17.7 Å². The van der Waals surface area contributed by atoms with Crippen LogP contribution in [0, 0.1) is 0 Å². The standard InChI is InChI=1S/C18H34N2O/c1-4-17(3)14-20(12-16-9-8-15(2)21-16)18(13-19-17)10-6-5-7-11-18/h15-16,19H,4-14H2,1-3H3. The SMILES string of the molecule is CCC1(C)CN(CC2CCC(C)O2)C2(CCCCC2)CN1. The molecule has 0 amide bonds. The quantitative estimate of drug-likeness (QED) is 0.864. The van der Waals surface area contributed by atoms with Crippen molar-refractivity contribution >= 4 is 0 Å². The first-order valence-corrected chi connectivity index (χ1v) is 9.21. The lowest BCUT2D eigenvalue weighted by atomic mass is 9.76. The highest BCUT2D eigenvalue weighted by atomic mass is 16.5. The summed E-state index contributed by atoms with van der Waals surface area (Å²) in [6, 6.07) is 0. The van der Waals surface area contributed by atoms with Gasteiger partial charge in [0.2, 0.25) is 0 Å². The van der Waals surface area contributed by atoms with Crippen LogP contribution in [0.25, 0.3) is 0 Å². The van der Waals surface area contributed by atoms with Crippen LogP contribution in [-0.2, 0) is 4.74 Å². The maximum atomic E-state index is 6.14. The van der Waals surface area contributed by atoms with Crippen molar-refractivity contribution in [3.63, 3.8) is 0 Å². The summed E-state index contributed by atoms with van der Waals surface area (Å²) >= 11 is 0. The molecular formula is C18H34N2O. The van der Waals surface area contributed by atoms with Crippen LogP contribution in [0.4, 0.5) is 0 Å². The highest BCUT2D eigenvalue weighted by Crippen LogP contribution is 2.38. The molecular weight excluding hydrogens is 260 g/mol. The van der Waals surface area contributed by atoms with Crippen molar-refractivity contribution in [2.24, 2.45) is 0 Å². The monoisotopic (exact) mass is 294 g/mol. The predicted molar refractivity (Wildman–Crippen MR) is 87.7 cm³/mol. The van der Waals surface area contributed by atoms with Crippen LogP contribution in [-0.4, -0.2) is 47.8 Å². The Balaban J connectivity index is 1.72. The molecule has 1 saturated carbocycles. The number of nitrogens with zero attached hydrogens (tertiary/aromatic N) is 1. The van der Waals surface area contributed by atoms with Crippen LogP contribution >= 0.6 is 0 Å². The van der Waals surface area contributed by atoms with Gasteiger partial charge in [-0.05, 0) is 46.0 Å². The van der Waals surface area contributed by atoms with Crippen molar-refractivity contribution in [1.29, 1.82) is 0 Å². The van der Waals surface area contributed by atoms with Gasteiger partial charge in [0.15, 0.2) is 0 Å².